The zero-order valence-electron chi connectivity index (χ0n) is 13.6. The van der Waals surface area contributed by atoms with Gasteiger partial charge in [-0.2, -0.15) is 0 Å². The minimum Gasteiger partial charge on any atom is -0.353 e. The molecule has 0 aromatic heterocycles. The lowest BCUT2D eigenvalue weighted by Gasteiger charge is -2.34. The van der Waals surface area contributed by atoms with Crippen molar-refractivity contribution in [2.24, 2.45) is 5.41 Å². The van der Waals surface area contributed by atoms with Gasteiger partial charge in [0.05, 0.1) is 0 Å². The van der Waals surface area contributed by atoms with Crippen molar-refractivity contribution in [3.63, 3.8) is 0 Å². The highest BCUT2D eigenvalue weighted by atomic mass is 16.2. The largest absolute Gasteiger partial charge is 0.353 e. The molecule has 1 aliphatic heterocycles. The number of amides is 3. The number of nitrogens with one attached hydrogen (secondary N) is 2. The van der Waals surface area contributed by atoms with Crippen LogP contribution in [0.25, 0.3) is 0 Å². The van der Waals surface area contributed by atoms with E-state index in [2.05, 4.69) is 10.6 Å². The smallest absolute Gasteiger partial charge is 0.317 e. The Hall–Kier alpha value is -1.26. The monoisotopic (exact) mass is 295 g/mol. The van der Waals surface area contributed by atoms with Gasteiger partial charge < -0.3 is 15.5 Å². The van der Waals surface area contributed by atoms with Crippen LogP contribution in [0.4, 0.5) is 4.79 Å². The van der Waals surface area contributed by atoms with Gasteiger partial charge in [0.25, 0.3) is 0 Å². The molecule has 1 aliphatic carbocycles. The third-order valence-corrected chi connectivity index (χ3v) is 4.48. The van der Waals surface area contributed by atoms with Gasteiger partial charge in [0.15, 0.2) is 0 Å². The zero-order valence-corrected chi connectivity index (χ0v) is 13.6. The summed E-state index contributed by atoms with van der Waals surface area (Å²) in [6.45, 7) is 7.23. The molecule has 1 saturated carbocycles. The van der Waals surface area contributed by atoms with Crippen LogP contribution < -0.4 is 10.6 Å². The molecule has 0 atom stereocenters. The van der Waals surface area contributed by atoms with E-state index in [9.17, 15) is 9.59 Å². The molecule has 120 valence electrons. The maximum atomic E-state index is 12.2. The topological polar surface area (TPSA) is 61.4 Å². The lowest BCUT2D eigenvalue weighted by Crippen LogP contribution is -2.52. The molecule has 21 heavy (non-hydrogen) atoms. The number of hydrogen-bond acceptors (Lipinski definition) is 2. The molecule has 5 nitrogen and oxygen atoms in total. The van der Waals surface area contributed by atoms with Crippen LogP contribution in [0.5, 0.6) is 0 Å². The molecule has 0 spiro atoms. The molecular formula is C16H29N3O2. The van der Waals surface area contributed by atoms with E-state index in [4.69, 9.17) is 0 Å². The average Bonchev–Trinajstić information content (AvgIpc) is 2.91. The second-order valence-electron chi connectivity index (χ2n) is 7.42. The molecule has 0 aromatic carbocycles. The minimum atomic E-state index is -0.350. The molecule has 1 saturated heterocycles. The van der Waals surface area contributed by atoms with E-state index in [-0.39, 0.29) is 23.4 Å². The number of piperidine rings is 1. The highest BCUT2D eigenvalue weighted by Gasteiger charge is 2.28. The highest BCUT2D eigenvalue weighted by Crippen LogP contribution is 2.19. The Kier molecular flexibility index (Phi) is 5.12. The SMILES string of the molecule is CC(C)(C)C(=O)NC1CCN(C(=O)NC2CCCC2)CC1. The minimum absolute atomic E-state index is 0.0718. The van der Waals surface area contributed by atoms with Gasteiger partial charge in [-0.25, -0.2) is 4.79 Å². The van der Waals surface area contributed by atoms with Crippen molar-refractivity contribution in [2.75, 3.05) is 13.1 Å². The first-order valence-corrected chi connectivity index (χ1v) is 8.22. The summed E-state index contributed by atoms with van der Waals surface area (Å²) in [5.74, 6) is 0.0938. The van der Waals surface area contributed by atoms with E-state index in [0.717, 1.165) is 38.8 Å². The molecule has 0 bridgehead atoms. The number of carbonyl (C=O) groups excluding carboxylic acids is 2. The first kappa shape index (κ1) is 16.1. The molecule has 2 aliphatic rings. The van der Waals surface area contributed by atoms with Crippen LogP contribution in [-0.4, -0.2) is 42.0 Å². The third-order valence-electron chi connectivity index (χ3n) is 4.48. The fraction of sp³-hybridized carbons (Fsp3) is 0.875. The van der Waals surface area contributed by atoms with E-state index >= 15 is 0 Å². The van der Waals surface area contributed by atoms with Crippen molar-refractivity contribution in [2.45, 2.75) is 71.4 Å². The van der Waals surface area contributed by atoms with Gasteiger partial charge in [-0.05, 0) is 25.7 Å². The van der Waals surface area contributed by atoms with Crippen molar-refractivity contribution in [1.82, 2.24) is 15.5 Å². The predicted octanol–water partition coefficient (Wildman–Crippen LogP) is 2.27. The maximum absolute atomic E-state index is 12.2. The van der Waals surface area contributed by atoms with Crippen molar-refractivity contribution >= 4 is 11.9 Å². The van der Waals surface area contributed by atoms with E-state index in [1.165, 1.54) is 12.8 Å². The Labute approximate surface area is 127 Å². The van der Waals surface area contributed by atoms with Crippen LogP contribution in [0.3, 0.4) is 0 Å². The van der Waals surface area contributed by atoms with Crippen molar-refractivity contribution in [3.8, 4) is 0 Å². The molecule has 0 radical (unpaired) electrons. The lowest BCUT2D eigenvalue weighted by molar-refractivity contribution is -0.129. The van der Waals surface area contributed by atoms with Gasteiger partial charge in [0, 0.05) is 30.6 Å². The summed E-state index contributed by atoms with van der Waals surface area (Å²) in [5.41, 5.74) is -0.350. The summed E-state index contributed by atoms with van der Waals surface area (Å²) in [5, 5.41) is 6.22. The molecule has 2 fully saturated rings. The van der Waals surface area contributed by atoms with Crippen LogP contribution in [0, 0.1) is 5.41 Å². The number of urea groups is 1. The summed E-state index contributed by atoms with van der Waals surface area (Å²) in [7, 11) is 0. The average molecular weight is 295 g/mol. The summed E-state index contributed by atoms with van der Waals surface area (Å²) in [4.78, 5) is 26.0. The molecule has 2 N–H and O–H groups in total. The van der Waals surface area contributed by atoms with Gasteiger partial charge in [0.1, 0.15) is 0 Å². The second kappa shape index (κ2) is 6.67. The van der Waals surface area contributed by atoms with Gasteiger partial charge in [0.2, 0.25) is 5.91 Å². The van der Waals surface area contributed by atoms with Crippen LogP contribution in [0.15, 0.2) is 0 Å². The number of carbonyl (C=O) groups is 2. The number of nitrogens with zero attached hydrogens (tertiary/aromatic N) is 1. The molecule has 3 amide bonds. The fourth-order valence-electron chi connectivity index (χ4n) is 2.96. The number of rotatable bonds is 2. The highest BCUT2D eigenvalue weighted by molar-refractivity contribution is 5.81. The first-order valence-electron chi connectivity index (χ1n) is 8.22. The van der Waals surface area contributed by atoms with Crippen molar-refractivity contribution in [1.29, 1.82) is 0 Å². The van der Waals surface area contributed by atoms with E-state index in [0.29, 0.717) is 6.04 Å². The second-order valence-corrected chi connectivity index (χ2v) is 7.42. The van der Waals surface area contributed by atoms with Crippen molar-refractivity contribution in [3.05, 3.63) is 0 Å². The van der Waals surface area contributed by atoms with Crippen LogP contribution in [0.2, 0.25) is 0 Å². The Balaban J connectivity index is 1.72. The Bertz CT molecular complexity index is 375. The van der Waals surface area contributed by atoms with E-state index in [1.807, 2.05) is 25.7 Å². The standard InChI is InChI=1S/C16H29N3O2/c1-16(2,3)14(20)17-13-8-10-19(11-9-13)15(21)18-12-6-4-5-7-12/h12-13H,4-11H2,1-3H3,(H,17,20)(H,18,21). The summed E-state index contributed by atoms with van der Waals surface area (Å²) in [6.07, 6.45) is 6.38. The zero-order chi connectivity index (χ0) is 15.5. The summed E-state index contributed by atoms with van der Waals surface area (Å²) >= 11 is 0. The summed E-state index contributed by atoms with van der Waals surface area (Å²) < 4.78 is 0. The maximum Gasteiger partial charge on any atom is 0.317 e. The molecule has 0 unspecified atom stereocenters. The van der Waals surface area contributed by atoms with Gasteiger partial charge in [-0.15, -0.1) is 0 Å². The van der Waals surface area contributed by atoms with Crippen LogP contribution in [-0.2, 0) is 4.79 Å². The molecule has 1 heterocycles. The Morgan fingerprint density at radius 1 is 0.905 bits per heavy atom. The normalized spacial score (nSPS) is 21.4. The third kappa shape index (κ3) is 4.61. The first-order chi connectivity index (χ1) is 9.86. The molecule has 5 heteroatoms. The predicted molar refractivity (Wildman–Crippen MR) is 83.0 cm³/mol. The van der Waals surface area contributed by atoms with Gasteiger partial charge >= 0.3 is 6.03 Å². The molecule has 2 rings (SSSR count). The lowest BCUT2D eigenvalue weighted by atomic mass is 9.94. The molecular weight excluding hydrogens is 266 g/mol. The van der Waals surface area contributed by atoms with Crippen LogP contribution >= 0.6 is 0 Å². The van der Waals surface area contributed by atoms with E-state index < -0.39 is 0 Å². The Morgan fingerprint density at radius 2 is 1.43 bits per heavy atom. The summed E-state index contributed by atoms with van der Waals surface area (Å²) in [6, 6.07) is 0.644. The Morgan fingerprint density at radius 3 is 1.95 bits per heavy atom. The number of likely N-dealkylation sites (tertiary alicyclic amines) is 1. The number of hydrogen-bond donors (Lipinski definition) is 2. The van der Waals surface area contributed by atoms with Crippen molar-refractivity contribution < 1.29 is 9.59 Å². The van der Waals surface area contributed by atoms with Gasteiger partial charge in [-0.1, -0.05) is 33.6 Å². The van der Waals surface area contributed by atoms with E-state index in [1.54, 1.807) is 0 Å². The van der Waals surface area contributed by atoms with Crippen LogP contribution in [0.1, 0.15) is 59.3 Å². The van der Waals surface area contributed by atoms with Gasteiger partial charge in [-0.3, -0.25) is 4.79 Å². The fourth-order valence-corrected chi connectivity index (χ4v) is 2.96. The quantitative estimate of drug-likeness (QED) is 0.821. The molecule has 0 aromatic rings.